The Balaban J connectivity index is 3.00. The summed E-state index contributed by atoms with van der Waals surface area (Å²) in [6, 6.07) is 4.25. The molecule has 0 saturated heterocycles. The van der Waals surface area contributed by atoms with E-state index in [1.165, 1.54) is 12.1 Å². The first-order valence-electron chi connectivity index (χ1n) is 3.70. The molecule has 0 aliphatic carbocycles. The Morgan fingerprint density at radius 3 is 2.50 bits per heavy atom. The maximum Gasteiger partial charge on any atom is 0.252 e. The molecule has 6 N–H and O–H groups in total. The third kappa shape index (κ3) is 2.33. The number of carbonyl (C=O) groups is 1. The van der Waals surface area contributed by atoms with Crippen LogP contribution in [0.3, 0.4) is 0 Å². The Morgan fingerprint density at radius 2 is 2.07 bits per heavy atom. The monoisotopic (exact) mass is 211 g/mol. The van der Waals surface area contributed by atoms with Gasteiger partial charge in [-0.3, -0.25) is 4.79 Å². The van der Waals surface area contributed by atoms with Crippen molar-refractivity contribution in [2.75, 3.05) is 5.32 Å². The number of primary amides is 1. The summed E-state index contributed by atoms with van der Waals surface area (Å²) < 4.78 is 0. The number of amides is 1. The lowest BCUT2D eigenvalue weighted by Gasteiger charge is -2.05. The Hall–Kier alpha value is -1.82. The van der Waals surface area contributed by atoms with Crippen molar-refractivity contribution in [1.82, 2.24) is 0 Å². The highest BCUT2D eigenvalue weighted by atomic mass is 32.1. The quantitative estimate of drug-likeness (QED) is 0.521. The summed E-state index contributed by atoms with van der Waals surface area (Å²) in [7, 11) is 0. The third-order valence-electron chi connectivity index (χ3n) is 1.53. The van der Waals surface area contributed by atoms with Crippen LogP contribution >= 0.6 is 12.2 Å². The largest absolute Gasteiger partial charge is 0.507 e. The number of nitrogens with two attached hydrogens (primary N) is 2. The molecule has 0 aromatic heterocycles. The van der Waals surface area contributed by atoms with E-state index in [-0.39, 0.29) is 16.4 Å². The smallest absolute Gasteiger partial charge is 0.252 e. The van der Waals surface area contributed by atoms with Gasteiger partial charge in [0.2, 0.25) is 0 Å². The number of phenols is 1. The summed E-state index contributed by atoms with van der Waals surface area (Å²) in [5.41, 5.74) is 10.8. The zero-order valence-corrected chi connectivity index (χ0v) is 7.97. The first-order valence-corrected chi connectivity index (χ1v) is 4.11. The van der Waals surface area contributed by atoms with Gasteiger partial charge in [0.1, 0.15) is 5.75 Å². The molecule has 0 spiro atoms. The molecule has 14 heavy (non-hydrogen) atoms. The van der Waals surface area contributed by atoms with Gasteiger partial charge in [-0.05, 0) is 24.4 Å². The molecule has 1 rings (SSSR count). The molecule has 0 atom stereocenters. The first kappa shape index (κ1) is 10.3. The van der Waals surface area contributed by atoms with E-state index in [9.17, 15) is 9.90 Å². The Kier molecular flexibility index (Phi) is 2.88. The minimum atomic E-state index is -0.690. The standard InChI is InChI=1S/C8H9N3O2S/c9-7(13)5-2-1-4(3-6(5)12)11-8(10)14/h1-3,12H,(H2,9,13)(H3,10,11,14). The zero-order chi connectivity index (χ0) is 10.7. The second kappa shape index (κ2) is 3.93. The molecule has 0 saturated carbocycles. The number of rotatable bonds is 2. The SMILES string of the molecule is NC(=O)c1ccc(NC(N)=S)cc1O. The topological polar surface area (TPSA) is 101 Å². The van der Waals surface area contributed by atoms with Gasteiger partial charge in [0.25, 0.3) is 5.91 Å². The maximum atomic E-state index is 10.7. The van der Waals surface area contributed by atoms with Crippen molar-refractivity contribution in [2.45, 2.75) is 0 Å². The number of thiocarbonyl (C=S) groups is 1. The van der Waals surface area contributed by atoms with Crippen LogP contribution in [0.2, 0.25) is 0 Å². The maximum absolute atomic E-state index is 10.7. The number of carbonyl (C=O) groups excluding carboxylic acids is 1. The zero-order valence-electron chi connectivity index (χ0n) is 7.15. The lowest BCUT2D eigenvalue weighted by atomic mass is 10.1. The molecule has 0 aliphatic heterocycles. The minimum Gasteiger partial charge on any atom is -0.507 e. The summed E-state index contributed by atoms with van der Waals surface area (Å²) >= 11 is 4.60. The van der Waals surface area contributed by atoms with Crippen molar-refractivity contribution >= 4 is 28.9 Å². The predicted molar refractivity (Wildman–Crippen MR) is 57.0 cm³/mol. The molecule has 1 amide bonds. The predicted octanol–water partition coefficient (Wildman–Crippen LogP) is 0.147. The fourth-order valence-electron chi connectivity index (χ4n) is 0.960. The molecular weight excluding hydrogens is 202 g/mol. The van der Waals surface area contributed by atoms with Gasteiger partial charge < -0.3 is 21.9 Å². The molecule has 0 fully saturated rings. The van der Waals surface area contributed by atoms with Gasteiger partial charge >= 0.3 is 0 Å². The van der Waals surface area contributed by atoms with Crippen molar-refractivity contribution in [3.05, 3.63) is 23.8 Å². The van der Waals surface area contributed by atoms with Gasteiger partial charge in [-0.15, -0.1) is 0 Å². The van der Waals surface area contributed by atoms with E-state index in [0.717, 1.165) is 0 Å². The summed E-state index contributed by atoms with van der Waals surface area (Å²) in [5.74, 6) is -0.900. The van der Waals surface area contributed by atoms with Crippen molar-refractivity contribution in [3.63, 3.8) is 0 Å². The van der Waals surface area contributed by atoms with Crippen LogP contribution in [-0.2, 0) is 0 Å². The van der Waals surface area contributed by atoms with Gasteiger partial charge in [0.05, 0.1) is 5.56 Å². The second-order valence-corrected chi connectivity index (χ2v) is 3.03. The normalized spacial score (nSPS) is 9.43. The molecule has 0 heterocycles. The Bertz CT molecular complexity index is 392. The molecule has 0 radical (unpaired) electrons. The van der Waals surface area contributed by atoms with E-state index in [4.69, 9.17) is 11.5 Å². The molecule has 1 aromatic rings. The van der Waals surface area contributed by atoms with Crippen molar-refractivity contribution in [2.24, 2.45) is 11.5 Å². The lowest BCUT2D eigenvalue weighted by Crippen LogP contribution is -2.19. The molecular formula is C8H9N3O2S. The molecule has 0 bridgehead atoms. The van der Waals surface area contributed by atoms with Crippen LogP contribution < -0.4 is 16.8 Å². The summed E-state index contributed by atoms with van der Waals surface area (Å²) in [6.45, 7) is 0. The number of hydrogen-bond acceptors (Lipinski definition) is 3. The van der Waals surface area contributed by atoms with Gasteiger partial charge in [-0.2, -0.15) is 0 Å². The highest BCUT2D eigenvalue weighted by molar-refractivity contribution is 7.80. The number of nitrogens with one attached hydrogen (secondary N) is 1. The van der Waals surface area contributed by atoms with Gasteiger partial charge in [-0.1, -0.05) is 0 Å². The first-order chi connectivity index (χ1) is 6.50. The lowest BCUT2D eigenvalue weighted by molar-refractivity contribution is 0.0998. The highest BCUT2D eigenvalue weighted by Gasteiger charge is 2.07. The number of benzene rings is 1. The number of anilines is 1. The van der Waals surface area contributed by atoms with Crippen LogP contribution in [0.4, 0.5) is 5.69 Å². The highest BCUT2D eigenvalue weighted by Crippen LogP contribution is 2.21. The fourth-order valence-corrected chi connectivity index (χ4v) is 1.08. The second-order valence-electron chi connectivity index (χ2n) is 2.59. The molecule has 0 unspecified atom stereocenters. The van der Waals surface area contributed by atoms with Crippen LogP contribution in [0.15, 0.2) is 18.2 Å². The molecule has 5 nitrogen and oxygen atoms in total. The summed E-state index contributed by atoms with van der Waals surface area (Å²) in [6.07, 6.45) is 0. The van der Waals surface area contributed by atoms with Crippen LogP contribution in [0.1, 0.15) is 10.4 Å². The molecule has 6 heteroatoms. The van der Waals surface area contributed by atoms with Crippen LogP contribution in [0, 0.1) is 0 Å². The number of aromatic hydroxyl groups is 1. The summed E-state index contributed by atoms with van der Waals surface area (Å²) in [4.78, 5) is 10.7. The van der Waals surface area contributed by atoms with E-state index >= 15 is 0 Å². The van der Waals surface area contributed by atoms with Crippen LogP contribution in [0.5, 0.6) is 5.75 Å². The van der Waals surface area contributed by atoms with E-state index in [0.29, 0.717) is 5.69 Å². The van der Waals surface area contributed by atoms with Crippen molar-refractivity contribution in [3.8, 4) is 5.75 Å². The van der Waals surface area contributed by atoms with Crippen molar-refractivity contribution in [1.29, 1.82) is 0 Å². The number of hydrogen-bond donors (Lipinski definition) is 4. The van der Waals surface area contributed by atoms with Gasteiger partial charge in [0.15, 0.2) is 5.11 Å². The molecule has 0 aliphatic rings. The van der Waals surface area contributed by atoms with Gasteiger partial charge in [-0.25, -0.2) is 0 Å². The molecule has 74 valence electrons. The van der Waals surface area contributed by atoms with Gasteiger partial charge in [0, 0.05) is 11.8 Å². The average molecular weight is 211 g/mol. The third-order valence-corrected chi connectivity index (χ3v) is 1.63. The van der Waals surface area contributed by atoms with Crippen molar-refractivity contribution < 1.29 is 9.90 Å². The summed E-state index contributed by atoms with van der Waals surface area (Å²) in [5, 5.41) is 12.0. The van der Waals surface area contributed by atoms with E-state index in [2.05, 4.69) is 17.5 Å². The molecule has 1 aromatic carbocycles. The van der Waals surface area contributed by atoms with Crippen LogP contribution in [-0.4, -0.2) is 16.1 Å². The average Bonchev–Trinajstić information content (AvgIpc) is 2.01. The fraction of sp³-hybridized carbons (Fsp3) is 0. The minimum absolute atomic E-state index is 0.0542. The Morgan fingerprint density at radius 1 is 1.43 bits per heavy atom. The van der Waals surface area contributed by atoms with E-state index < -0.39 is 5.91 Å². The van der Waals surface area contributed by atoms with Crippen LogP contribution in [0.25, 0.3) is 0 Å². The Labute approximate surface area is 85.7 Å². The van der Waals surface area contributed by atoms with E-state index in [1.54, 1.807) is 6.07 Å². The van der Waals surface area contributed by atoms with E-state index in [1.807, 2.05) is 0 Å².